The number of carbonyl (C=O) groups excluding carboxylic acids is 1. The first-order valence-corrected chi connectivity index (χ1v) is 6.08. The number of carboxylic acids is 1. The van der Waals surface area contributed by atoms with Gasteiger partial charge in [-0.05, 0) is 25.8 Å². The molecule has 1 aliphatic rings. The largest absolute Gasteiger partial charge is 0.480 e. The zero-order valence-electron chi connectivity index (χ0n) is 10.9. The summed E-state index contributed by atoms with van der Waals surface area (Å²) in [5.74, 6) is -1.41. The molecule has 6 nitrogen and oxygen atoms in total. The zero-order chi connectivity index (χ0) is 14.2. The van der Waals surface area contributed by atoms with Gasteiger partial charge in [0.2, 0.25) is 0 Å². The van der Waals surface area contributed by atoms with Crippen LogP contribution in [0.25, 0.3) is 0 Å². The Bertz CT molecular complexity index is 593. The van der Waals surface area contributed by atoms with Crippen LogP contribution in [0.3, 0.4) is 0 Å². The second-order valence-corrected chi connectivity index (χ2v) is 5.00. The number of aromatic nitrogens is 1. The lowest BCUT2D eigenvalue weighted by atomic mass is 9.98. The maximum Gasteiger partial charge on any atom is 0.329 e. The molecule has 1 fully saturated rings. The minimum Gasteiger partial charge on any atom is -0.480 e. The van der Waals surface area contributed by atoms with Gasteiger partial charge in [-0.2, -0.15) is 0 Å². The molecule has 2 heterocycles. The lowest BCUT2D eigenvalue weighted by Gasteiger charge is -2.31. The molecule has 1 amide bonds. The van der Waals surface area contributed by atoms with Gasteiger partial charge in [0.15, 0.2) is 0 Å². The van der Waals surface area contributed by atoms with Crippen LogP contribution in [-0.2, 0) is 11.8 Å². The lowest BCUT2D eigenvalue weighted by Crippen LogP contribution is -2.50. The van der Waals surface area contributed by atoms with Gasteiger partial charge in [-0.1, -0.05) is 0 Å². The first-order chi connectivity index (χ1) is 8.86. The fourth-order valence-electron chi connectivity index (χ4n) is 2.35. The van der Waals surface area contributed by atoms with Gasteiger partial charge in [0.05, 0.1) is 0 Å². The number of carbonyl (C=O) groups is 2. The second-order valence-electron chi connectivity index (χ2n) is 5.00. The van der Waals surface area contributed by atoms with E-state index >= 15 is 0 Å². The molecule has 1 aliphatic heterocycles. The lowest BCUT2D eigenvalue weighted by molar-refractivity contribution is -0.147. The molecule has 0 aromatic carbocycles. The van der Waals surface area contributed by atoms with E-state index in [-0.39, 0.29) is 11.1 Å². The average molecular weight is 264 g/mol. The summed E-state index contributed by atoms with van der Waals surface area (Å²) in [6, 6.07) is 2.77. The van der Waals surface area contributed by atoms with Crippen LogP contribution in [0, 0.1) is 0 Å². The van der Waals surface area contributed by atoms with Gasteiger partial charge in [-0.25, -0.2) is 4.79 Å². The molecule has 0 bridgehead atoms. The molecular weight excluding hydrogens is 248 g/mol. The molecule has 0 spiro atoms. The van der Waals surface area contributed by atoms with Crippen molar-refractivity contribution in [2.24, 2.45) is 7.05 Å². The van der Waals surface area contributed by atoms with Crippen molar-refractivity contribution in [1.29, 1.82) is 0 Å². The van der Waals surface area contributed by atoms with Crippen molar-refractivity contribution in [2.75, 3.05) is 6.54 Å². The quantitative estimate of drug-likeness (QED) is 0.841. The molecule has 0 saturated carbocycles. The Morgan fingerprint density at radius 1 is 1.42 bits per heavy atom. The molecule has 19 heavy (non-hydrogen) atoms. The maximum absolute atomic E-state index is 12.3. The monoisotopic (exact) mass is 264 g/mol. The second kappa shape index (κ2) is 4.53. The Morgan fingerprint density at radius 2 is 2.11 bits per heavy atom. The van der Waals surface area contributed by atoms with Crippen LogP contribution in [-0.4, -0.2) is 38.5 Å². The van der Waals surface area contributed by atoms with Crippen molar-refractivity contribution >= 4 is 11.9 Å². The highest BCUT2D eigenvalue weighted by Gasteiger charge is 2.46. The van der Waals surface area contributed by atoms with E-state index in [0.717, 1.165) is 0 Å². The number of nitrogens with zero attached hydrogens (tertiary/aromatic N) is 2. The van der Waals surface area contributed by atoms with Gasteiger partial charge in [-0.15, -0.1) is 0 Å². The Labute approximate surface area is 110 Å². The third-order valence-corrected chi connectivity index (χ3v) is 3.70. The minimum atomic E-state index is -1.18. The van der Waals surface area contributed by atoms with Gasteiger partial charge in [0, 0.05) is 31.4 Å². The highest BCUT2D eigenvalue weighted by Crippen LogP contribution is 2.30. The molecule has 1 atom stereocenters. The number of hydrogen-bond acceptors (Lipinski definition) is 3. The van der Waals surface area contributed by atoms with Crippen LogP contribution in [0.1, 0.15) is 30.1 Å². The molecule has 0 aliphatic carbocycles. The van der Waals surface area contributed by atoms with Gasteiger partial charge in [-0.3, -0.25) is 9.59 Å². The topological polar surface area (TPSA) is 79.6 Å². The first kappa shape index (κ1) is 13.3. The molecule has 2 rings (SSSR count). The van der Waals surface area contributed by atoms with E-state index in [2.05, 4.69) is 0 Å². The minimum absolute atomic E-state index is 0.234. The molecule has 0 radical (unpaired) electrons. The number of rotatable bonds is 2. The predicted octanol–water partition coefficient (Wildman–Crippen LogP) is 0.465. The van der Waals surface area contributed by atoms with Crippen LogP contribution < -0.4 is 5.56 Å². The molecule has 1 aromatic heterocycles. The van der Waals surface area contributed by atoms with E-state index in [4.69, 9.17) is 0 Å². The molecule has 1 unspecified atom stereocenters. The first-order valence-electron chi connectivity index (χ1n) is 6.08. The number of hydrogen-bond donors (Lipinski definition) is 1. The van der Waals surface area contributed by atoms with Crippen molar-refractivity contribution in [2.45, 2.75) is 25.3 Å². The fourth-order valence-corrected chi connectivity index (χ4v) is 2.35. The van der Waals surface area contributed by atoms with Crippen LogP contribution in [0.15, 0.2) is 23.1 Å². The summed E-state index contributed by atoms with van der Waals surface area (Å²) < 4.78 is 1.36. The van der Waals surface area contributed by atoms with Crippen molar-refractivity contribution in [3.8, 4) is 0 Å². The van der Waals surface area contributed by atoms with Gasteiger partial charge in [0.1, 0.15) is 5.54 Å². The summed E-state index contributed by atoms with van der Waals surface area (Å²) in [6.45, 7) is 1.94. The third kappa shape index (κ3) is 2.14. The Balaban J connectivity index is 2.36. The van der Waals surface area contributed by atoms with E-state index in [1.807, 2.05) is 0 Å². The Kier molecular flexibility index (Phi) is 3.18. The third-order valence-electron chi connectivity index (χ3n) is 3.70. The zero-order valence-corrected chi connectivity index (χ0v) is 10.9. The molecule has 1 saturated heterocycles. The predicted molar refractivity (Wildman–Crippen MR) is 68.0 cm³/mol. The smallest absolute Gasteiger partial charge is 0.329 e. The number of amides is 1. The standard InChI is InChI=1S/C13H16N2O4/c1-13(12(18)19)5-3-6-15(13)11(17)9-4-7-14(2)10(16)8-9/h4,7-8H,3,5-6H2,1-2H3,(H,18,19). The van der Waals surface area contributed by atoms with E-state index in [1.54, 1.807) is 14.0 Å². The number of aliphatic carboxylic acids is 1. The number of likely N-dealkylation sites (tertiary alicyclic amines) is 1. The molecule has 102 valence electrons. The van der Waals surface area contributed by atoms with E-state index < -0.39 is 17.4 Å². The van der Waals surface area contributed by atoms with Crippen molar-refractivity contribution in [1.82, 2.24) is 9.47 Å². The van der Waals surface area contributed by atoms with E-state index in [9.17, 15) is 19.5 Å². The number of pyridine rings is 1. The summed E-state index contributed by atoms with van der Waals surface area (Å²) in [6.07, 6.45) is 2.59. The summed E-state index contributed by atoms with van der Waals surface area (Å²) >= 11 is 0. The fraction of sp³-hybridized carbons (Fsp3) is 0.462. The maximum atomic E-state index is 12.3. The molecular formula is C13H16N2O4. The normalized spacial score (nSPS) is 22.5. The van der Waals surface area contributed by atoms with Crippen LogP contribution in [0.5, 0.6) is 0 Å². The van der Waals surface area contributed by atoms with E-state index in [1.165, 1.54) is 27.8 Å². The van der Waals surface area contributed by atoms with Crippen molar-refractivity contribution in [3.05, 3.63) is 34.2 Å². The van der Waals surface area contributed by atoms with Crippen molar-refractivity contribution < 1.29 is 14.7 Å². The van der Waals surface area contributed by atoms with Crippen LogP contribution >= 0.6 is 0 Å². The van der Waals surface area contributed by atoms with Gasteiger partial charge < -0.3 is 14.6 Å². The average Bonchev–Trinajstić information content (AvgIpc) is 2.75. The SMILES string of the molecule is Cn1ccc(C(=O)N2CCCC2(C)C(=O)O)cc1=O. The van der Waals surface area contributed by atoms with E-state index in [0.29, 0.717) is 19.4 Å². The summed E-state index contributed by atoms with van der Waals surface area (Å²) in [5, 5.41) is 9.28. The number of aryl methyl sites for hydroxylation is 1. The van der Waals surface area contributed by atoms with Gasteiger partial charge in [0.25, 0.3) is 11.5 Å². The molecule has 1 aromatic rings. The van der Waals surface area contributed by atoms with Crippen molar-refractivity contribution in [3.63, 3.8) is 0 Å². The highest BCUT2D eigenvalue weighted by molar-refractivity contribution is 5.98. The summed E-state index contributed by atoms with van der Waals surface area (Å²) in [4.78, 5) is 36.5. The molecule has 6 heteroatoms. The number of carboxylic acid groups (broad SMARTS) is 1. The highest BCUT2D eigenvalue weighted by atomic mass is 16.4. The summed E-state index contributed by atoms with van der Waals surface area (Å²) in [7, 11) is 1.59. The van der Waals surface area contributed by atoms with Crippen LogP contribution in [0.2, 0.25) is 0 Å². The Morgan fingerprint density at radius 3 is 2.68 bits per heavy atom. The van der Waals surface area contributed by atoms with Gasteiger partial charge >= 0.3 is 5.97 Å². The summed E-state index contributed by atoms with van der Waals surface area (Å²) in [5.41, 5.74) is -1.24. The molecule has 1 N–H and O–H groups in total. The Hall–Kier alpha value is -2.11. The van der Waals surface area contributed by atoms with Crippen LogP contribution in [0.4, 0.5) is 0 Å².